The van der Waals surface area contributed by atoms with Crippen molar-refractivity contribution in [3.05, 3.63) is 94.2 Å². The van der Waals surface area contributed by atoms with Gasteiger partial charge in [-0.2, -0.15) is 0 Å². The fraction of sp³-hybridized carbons (Fsp3) is 0.250. The normalized spacial score (nSPS) is 13.6. The fourth-order valence-corrected chi connectivity index (χ4v) is 3.70. The second-order valence-electron chi connectivity index (χ2n) is 7.56. The van der Waals surface area contributed by atoms with Crippen molar-refractivity contribution in [3.8, 4) is 5.75 Å². The van der Waals surface area contributed by atoms with Gasteiger partial charge in [-0.15, -0.1) is 0 Å². The SMILES string of the molecule is O=C(COc1ccccc1Cc1ccccc1)N1CCN(c2ccc([N+](=O)[O-])cn2)CC1. The van der Waals surface area contributed by atoms with Gasteiger partial charge in [0.2, 0.25) is 0 Å². The third kappa shape index (κ3) is 5.21. The highest BCUT2D eigenvalue weighted by molar-refractivity contribution is 5.78. The van der Waals surface area contributed by atoms with Crippen LogP contribution in [0.15, 0.2) is 72.9 Å². The number of hydrogen-bond donors (Lipinski definition) is 0. The number of carbonyl (C=O) groups excluding carboxylic acids is 1. The molecule has 0 radical (unpaired) electrons. The highest BCUT2D eigenvalue weighted by atomic mass is 16.6. The Hall–Kier alpha value is -3.94. The first-order valence-corrected chi connectivity index (χ1v) is 10.5. The zero-order chi connectivity index (χ0) is 22.3. The van der Waals surface area contributed by atoms with Crippen LogP contribution in [0.3, 0.4) is 0 Å². The largest absolute Gasteiger partial charge is 0.483 e. The van der Waals surface area contributed by atoms with Crippen LogP contribution in [0.25, 0.3) is 0 Å². The Bertz CT molecular complexity index is 1060. The number of nitro groups is 1. The second-order valence-corrected chi connectivity index (χ2v) is 7.56. The topological polar surface area (TPSA) is 88.8 Å². The summed E-state index contributed by atoms with van der Waals surface area (Å²) in [6.07, 6.45) is 2.00. The van der Waals surface area contributed by atoms with Gasteiger partial charge in [0.05, 0.1) is 4.92 Å². The number of anilines is 1. The van der Waals surface area contributed by atoms with E-state index in [1.807, 2.05) is 47.4 Å². The molecule has 0 bridgehead atoms. The predicted octanol–water partition coefficient (Wildman–Crippen LogP) is 3.31. The number of hydrogen-bond acceptors (Lipinski definition) is 6. The number of ether oxygens (including phenoxy) is 1. The third-order valence-corrected chi connectivity index (χ3v) is 5.46. The van der Waals surface area contributed by atoms with Gasteiger partial charge in [-0.25, -0.2) is 4.98 Å². The molecule has 164 valence electrons. The van der Waals surface area contributed by atoms with E-state index < -0.39 is 4.92 Å². The van der Waals surface area contributed by atoms with Crippen molar-refractivity contribution in [1.29, 1.82) is 0 Å². The van der Waals surface area contributed by atoms with Crippen LogP contribution >= 0.6 is 0 Å². The number of para-hydroxylation sites is 1. The van der Waals surface area contributed by atoms with Crippen molar-refractivity contribution in [3.63, 3.8) is 0 Å². The summed E-state index contributed by atoms with van der Waals surface area (Å²) >= 11 is 0. The minimum absolute atomic E-state index is 0.0123. The van der Waals surface area contributed by atoms with Crippen molar-refractivity contribution < 1.29 is 14.5 Å². The maximum atomic E-state index is 12.7. The summed E-state index contributed by atoms with van der Waals surface area (Å²) in [6, 6.07) is 21.0. The molecule has 3 aromatic rings. The van der Waals surface area contributed by atoms with Gasteiger partial charge in [0.15, 0.2) is 6.61 Å². The minimum atomic E-state index is -0.467. The Labute approximate surface area is 186 Å². The molecule has 2 aromatic carbocycles. The van der Waals surface area contributed by atoms with E-state index in [4.69, 9.17) is 4.74 Å². The van der Waals surface area contributed by atoms with Gasteiger partial charge in [0.1, 0.15) is 17.8 Å². The molecule has 1 aliphatic heterocycles. The molecular formula is C24H24N4O4. The Morgan fingerprint density at radius 3 is 2.38 bits per heavy atom. The molecule has 8 heteroatoms. The van der Waals surface area contributed by atoms with Crippen LogP contribution in [-0.4, -0.2) is 53.5 Å². The van der Waals surface area contributed by atoms with Gasteiger partial charge in [0, 0.05) is 38.7 Å². The number of pyridine rings is 1. The molecule has 1 fully saturated rings. The lowest BCUT2D eigenvalue weighted by atomic mass is 10.0. The summed E-state index contributed by atoms with van der Waals surface area (Å²) in [5, 5.41) is 10.8. The minimum Gasteiger partial charge on any atom is -0.483 e. The maximum Gasteiger partial charge on any atom is 0.287 e. The zero-order valence-electron chi connectivity index (χ0n) is 17.6. The van der Waals surface area contributed by atoms with Crippen LogP contribution in [0.4, 0.5) is 11.5 Å². The number of piperazine rings is 1. The molecule has 32 heavy (non-hydrogen) atoms. The first-order valence-electron chi connectivity index (χ1n) is 10.5. The maximum absolute atomic E-state index is 12.7. The molecule has 0 N–H and O–H groups in total. The smallest absolute Gasteiger partial charge is 0.287 e. The third-order valence-electron chi connectivity index (χ3n) is 5.46. The predicted molar refractivity (Wildman–Crippen MR) is 121 cm³/mol. The van der Waals surface area contributed by atoms with E-state index in [-0.39, 0.29) is 18.2 Å². The summed E-state index contributed by atoms with van der Waals surface area (Å²) in [5.74, 6) is 1.34. The lowest BCUT2D eigenvalue weighted by Gasteiger charge is -2.35. The monoisotopic (exact) mass is 432 g/mol. The quantitative estimate of drug-likeness (QED) is 0.420. The molecule has 0 aliphatic carbocycles. The van der Waals surface area contributed by atoms with Gasteiger partial charge < -0.3 is 14.5 Å². The summed E-state index contributed by atoms with van der Waals surface area (Å²) in [6.45, 7) is 2.31. The Morgan fingerprint density at radius 1 is 0.969 bits per heavy atom. The van der Waals surface area contributed by atoms with E-state index in [0.717, 1.165) is 17.7 Å². The molecule has 0 atom stereocenters. The number of rotatable bonds is 7. The first kappa shape index (κ1) is 21.3. The van der Waals surface area contributed by atoms with E-state index in [2.05, 4.69) is 17.1 Å². The average Bonchev–Trinajstić information content (AvgIpc) is 2.84. The van der Waals surface area contributed by atoms with Crippen LogP contribution in [0, 0.1) is 10.1 Å². The highest BCUT2D eigenvalue weighted by Gasteiger charge is 2.23. The van der Waals surface area contributed by atoms with E-state index in [1.54, 1.807) is 11.0 Å². The number of carbonyl (C=O) groups is 1. The molecule has 0 spiro atoms. The Morgan fingerprint density at radius 2 is 1.69 bits per heavy atom. The first-order chi connectivity index (χ1) is 15.6. The van der Waals surface area contributed by atoms with Crippen molar-refractivity contribution in [1.82, 2.24) is 9.88 Å². The molecule has 0 saturated carbocycles. The van der Waals surface area contributed by atoms with E-state index in [1.165, 1.54) is 17.8 Å². The molecule has 2 heterocycles. The van der Waals surface area contributed by atoms with Crippen LogP contribution in [-0.2, 0) is 11.2 Å². The molecule has 4 rings (SSSR count). The van der Waals surface area contributed by atoms with Gasteiger partial charge in [-0.3, -0.25) is 14.9 Å². The van der Waals surface area contributed by atoms with Gasteiger partial charge in [-0.05, 0) is 23.3 Å². The molecule has 1 aliphatic rings. The highest BCUT2D eigenvalue weighted by Crippen LogP contribution is 2.22. The lowest BCUT2D eigenvalue weighted by molar-refractivity contribution is -0.385. The molecule has 1 saturated heterocycles. The lowest BCUT2D eigenvalue weighted by Crippen LogP contribution is -2.50. The van der Waals surface area contributed by atoms with Crippen molar-refractivity contribution in [2.45, 2.75) is 6.42 Å². The van der Waals surface area contributed by atoms with Gasteiger partial charge in [-0.1, -0.05) is 48.5 Å². The van der Waals surface area contributed by atoms with Crippen LogP contribution in [0.5, 0.6) is 5.75 Å². The average molecular weight is 432 g/mol. The summed E-state index contributed by atoms with van der Waals surface area (Å²) in [4.78, 5) is 31.0. The van der Waals surface area contributed by atoms with E-state index >= 15 is 0 Å². The van der Waals surface area contributed by atoms with Crippen LogP contribution in [0.2, 0.25) is 0 Å². The van der Waals surface area contributed by atoms with Gasteiger partial charge in [0.25, 0.3) is 11.6 Å². The standard InChI is InChI=1S/C24H24N4O4/c29-24(18-32-22-9-5-4-8-20(22)16-19-6-2-1-3-7-19)27-14-12-26(13-15-27)23-11-10-21(17-25-23)28(30)31/h1-11,17H,12-16,18H2. The number of benzene rings is 2. The fourth-order valence-electron chi connectivity index (χ4n) is 3.70. The van der Waals surface area contributed by atoms with Crippen LogP contribution < -0.4 is 9.64 Å². The Balaban J connectivity index is 1.30. The molecular weight excluding hydrogens is 408 g/mol. The van der Waals surface area contributed by atoms with E-state index in [9.17, 15) is 14.9 Å². The van der Waals surface area contributed by atoms with Crippen molar-refractivity contribution in [2.24, 2.45) is 0 Å². The number of amides is 1. The molecule has 1 amide bonds. The number of nitrogens with zero attached hydrogens (tertiary/aromatic N) is 4. The van der Waals surface area contributed by atoms with E-state index in [0.29, 0.717) is 32.0 Å². The molecule has 8 nitrogen and oxygen atoms in total. The van der Waals surface area contributed by atoms with Crippen LogP contribution in [0.1, 0.15) is 11.1 Å². The van der Waals surface area contributed by atoms with Crippen molar-refractivity contribution >= 4 is 17.4 Å². The summed E-state index contributed by atoms with van der Waals surface area (Å²) in [7, 11) is 0. The molecule has 1 aromatic heterocycles. The molecule has 0 unspecified atom stereocenters. The second kappa shape index (κ2) is 9.91. The Kier molecular flexibility index (Phi) is 6.60. The summed E-state index contributed by atoms with van der Waals surface area (Å²) < 4.78 is 5.89. The zero-order valence-corrected chi connectivity index (χ0v) is 17.6. The van der Waals surface area contributed by atoms with Gasteiger partial charge >= 0.3 is 0 Å². The number of aromatic nitrogens is 1. The summed E-state index contributed by atoms with van der Waals surface area (Å²) in [5.41, 5.74) is 2.19. The van der Waals surface area contributed by atoms with Crippen molar-refractivity contribution in [2.75, 3.05) is 37.7 Å².